The van der Waals surface area contributed by atoms with Crippen molar-refractivity contribution in [2.45, 2.75) is 0 Å². The Morgan fingerprint density at radius 1 is 0.882 bits per heavy atom. The van der Waals surface area contributed by atoms with Crippen molar-refractivity contribution < 1.29 is 9.90 Å². The van der Waals surface area contributed by atoms with Gasteiger partial charge in [0, 0.05) is 10.8 Å². The number of aromatic nitrogens is 1. The van der Waals surface area contributed by atoms with Crippen LogP contribution in [0.1, 0.15) is 0 Å². The molecule has 17 heavy (non-hydrogen) atoms. The Balaban J connectivity index is 0.000000329. The van der Waals surface area contributed by atoms with Gasteiger partial charge in [0.05, 0.1) is 11.0 Å². The first kappa shape index (κ1) is 11.1. The van der Waals surface area contributed by atoms with Crippen molar-refractivity contribution in [3.63, 3.8) is 0 Å². The summed E-state index contributed by atoms with van der Waals surface area (Å²) >= 11 is 0. The fraction of sp³-hybridized carbons (Fsp3) is 0. The van der Waals surface area contributed by atoms with Crippen LogP contribution in [0.3, 0.4) is 0 Å². The van der Waals surface area contributed by atoms with Crippen molar-refractivity contribution in [3.8, 4) is 0 Å². The minimum absolute atomic E-state index is 0.250. The summed E-state index contributed by atoms with van der Waals surface area (Å²) in [6.45, 7) is -0.250. The van der Waals surface area contributed by atoms with E-state index >= 15 is 0 Å². The van der Waals surface area contributed by atoms with Crippen LogP contribution >= 0.6 is 0 Å². The standard InChI is InChI=1S/C13H9N.CH2O2/c1-3-7-12-10(5-1)9-11-6-2-4-8-13(11)14-12;2-1-3/h1-9H;1H,(H,2,3). The van der Waals surface area contributed by atoms with Crippen LogP contribution in [0, 0.1) is 0 Å². The van der Waals surface area contributed by atoms with E-state index in [2.05, 4.69) is 23.2 Å². The van der Waals surface area contributed by atoms with E-state index < -0.39 is 0 Å². The molecule has 0 saturated carbocycles. The van der Waals surface area contributed by atoms with Crippen LogP contribution in [0.4, 0.5) is 0 Å². The van der Waals surface area contributed by atoms with E-state index in [0.717, 1.165) is 11.0 Å². The number of hydrogen-bond acceptors (Lipinski definition) is 2. The molecule has 0 atom stereocenters. The predicted molar refractivity (Wildman–Crippen MR) is 67.9 cm³/mol. The number of benzene rings is 2. The Morgan fingerprint density at radius 2 is 1.29 bits per heavy atom. The Morgan fingerprint density at radius 3 is 1.76 bits per heavy atom. The van der Waals surface area contributed by atoms with Crippen molar-refractivity contribution in [1.82, 2.24) is 4.98 Å². The summed E-state index contributed by atoms with van der Waals surface area (Å²) in [6, 6.07) is 18.6. The Bertz CT molecular complexity index is 545. The van der Waals surface area contributed by atoms with Crippen LogP contribution in [-0.4, -0.2) is 16.6 Å². The molecule has 3 nitrogen and oxygen atoms in total. The Hall–Kier alpha value is -2.42. The van der Waals surface area contributed by atoms with Crippen molar-refractivity contribution in [2.75, 3.05) is 0 Å². The molecule has 3 heteroatoms. The van der Waals surface area contributed by atoms with Crippen LogP contribution in [0.25, 0.3) is 21.8 Å². The highest BCUT2D eigenvalue weighted by Crippen LogP contribution is 2.18. The van der Waals surface area contributed by atoms with Gasteiger partial charge >= 0.3 is 0 Å². The van der Waals surface area contributed by atoms with Crippen molar-refractivity contribution in [2.24, 2.45) is 0 Å². The minimum Gasteiger partial charge on any atom is -0.483 e. The van der Waals surface area contributed by atoms with E-state index in [4.69, 9.17) is 9.90 Å². The molecule has 0 radical (unpaired) electrons. The van der Waals surface area contributed by atoms with Crippen molar-refractivity contribution in [1.29, 1.82) is 0 Å². The molecule has 0 amide bonds. The lowest BCUT2D eigenvalue weighted by Crippen LogP contribution is -1.80. The maximum Gasteiger partial charge on any atom is 0.290 e. The van der Waals surface area contributed by atoms with Gasteiger partial charge in [-0.15, -0.1) is 0 Å². The van der Waals surface area contributed by atoms with Gasteiger partial charge in [-0.25, -0.2) is 4.98 Å². The van der Waals surface area contributed by atoms with E-state index in [1.807, 2.05) is 36.4 Å². The summed E-state index contributed by atoms with van der Waals surface area (Å²) in [6.07, 6.45) is 0. The van der Waals surface area contributed by atoms with Crippen LogP contribution in [0.5, 0.6) is 0 Å². The predicted octanol–water partition coefficient (Wildman–Crippen LogP) is 3.09. The van der Waals surface area contributed by atoms with Gasteiger partial charge in [0.25, 0.3) is 6.47 Å². The number of rotatable bonds is 0. The number of fused-ring (bicyclic) bond motifs is 2. The van der Waals surface area contributed by atoms with E-state index in [0.29, 0.717) is 0 Å². The SMILES string of the molecule is O=CO.c1ccc2nc3ccccc3cc2c1. The van der Waals surface area contributed by atoms with E-state index in [9.17, 15) is 0 Å². The highest BCUT2D eigenvalue weighted by molar-refractivity contribution is 5.92. The molecule has 0 bridgehead atoms. The summed E-state index contributed by atoms with van der Waals surface area (Å²) in [5, 5.41) is 9.29. The molecule has 84 valence electrons. The molecule has 1 heterocycles. The van der Waals surface area contributed by atoms with Gasteiger partial charge < -0.3 is 5.11 Å². The second-order valence-electron chi connectivity index (χ2n) is 3.48. The molecular formula is C14H11NO2. The Kier molecular flexibility index (Phi) is 3.31. The number of para-hydroxylation sites is 2. The summed E-state index contributed by atoms with van der Waals surface area (Å²) in [5.41, 5.74) is 2.12. The minimum atomic E-state index is -0.250. The zero-order valence-electron chi connectivity index (χ0n) is 9.08. The van der Waals surface area contributed by atoms with Gasteiger partial charge in [0.1, 0.15) is 0 Å². The summed E-state index contributed by atoms with van der Waals surface area (Å²) in [7, 11) is 0. The normalized spacial score (nSPS) is 9.65. The van der Waals surface area contributed by atoms with E-state index in [1.165, 1.54) is 10.8 Å². The van der Waals surface area contributed by atoms with Gasteiger partial charge in [-0.05, 0) is 18.2 Å². The fourth-order valence-corrected chi connectivity index (χ4v) is 1.72. The lowest BCUT2D eigenvalue weighted by molar-refractivity contribution is -0.122. The van der Waals surface area contributed by atoms with Crippen molar-refractivity contribution >= 4 is 28.3 Å². The van der Waals surface area contributed by atoms with Crippen LogP contribution in [0.2, 0.25) is 0 Å². The molecule has 0 unspecified atom stereocenters. The average molecular weight is 225 g/mol. The maximum absolute atomic E-state index is 8.36. The topological polar surface area (TPSA) is 50.2 Å². The van der Waals surface area contributed by atoms with Gasteiger partial charge in [-0.3, -0.25) is 4.79 Å². The molecule has 3 aromatic rings. The highest BCUT2D eigenvalue weighted by atomic mass is 16.3. The fourth-order valence-electron chi connectivity index (χ4n) is 1.72. The summed E-state index contributed by atoms with van der Waals surface area (Å²) in [4.78, 5) is 12.9. The van der Waals surface area contributed by atoms with Gasteiger partial charge in [0.2, 0.25) is 0 Å². The van der Waals surface area contributed by atoms with Gasteiger partial charge in [0.15, 0.2) is 0 Å². The monoisotopic (exact) mass is 225 g/mol. The molecule has 0 aliphatic carbocycles. The first-order valence-electron chi connectivity index (χ1n) is 5.17. The highest BCUT2D eigenvalue weighted by Gasteiger charge is 1.96. The smallest absolute Gasteiger partial charge is 0.290 e. The molecule has 3 rings (SSSR count). The average Bonchev–Trinajstić information content (AvgIpc) is 2.37. The van der Waals surface area contributed by atoms with Gasteiger partial charge in [-0.2, -0.15) is 0 Å². The Labute approximate surface area is 98.3 Å². The lowest BCUT2D eigenvalue weighted by Gasteiger charge is -1.99. The second-order valence-corrected chi connectivity index (χ2v) is 3.48. The molecule has 0 saturated heterocycles. The third-order valence-electron chi connectivity index (χ3n) is 2.43. The number of carbonyl (C=O) groups is 1. The third kappa shape index (κ3) is 2.39. The maximum atomic E-state index is 8.36. The first-order valence-corrected chi connectivity index (χ1v) is 5.17. The lowest BCUT2D eigenvalue weighted by atomic mass is 10.1. The second kappa shape index (κ2) is 5.07. The number of carboxylic acid groups (broad SMARTS) is 1. The zero-order valence-corrected chi connectivity index (χ0v) is 9.08. The summed E-state index contributed by atoms with van der Waals surface area (Å²) < 4.78 is 0. The molecule has 0 spiro atoms. The van der Waals surface area contributed by atoms with Gasteiger partial charge in [-0.1, -0.05) is 36.4 Å². The molecule has 1 aromatic heterocycles. The van der Waals surface area contributed by atoms with Crippen LogP contribution < -0.4 is 0 Å². The molecule has 1 N–H and O–H groups in total. The van der Waals surface area contributed by atoms with Crippen molar-refractivity contribution in [3.05, 3.63) is 54.6 Å². The zero-order chi connectivity index (χ0) is 12.1. The largest absolute Gasteiger partial charge is 0.483 e. The molecule has 0 aliphatic heterocycles. The van der Waals surface area contributed by atoms with Crippen LogP contribution in [0.15, 0.2) is 54.6 Å². The molecule has 0 fully saturated rings. The quantitative estimate of drug-likeness (QED) is 0.472. The third-order valence-corrected chi connectivity index (χ3v) is 2.43. The van der Waals surface area contributed by atoms with E-state index in [-0.39, 0.29) is 6.47 Å². The molecular weight excluding hydrogens is 214 g/mol. The number of hydrogen-bond donors (Lipinski definition) is 1. The van der Waals surface area contributed by atoms with E-state index in [1.54, 1.807) is 0 Å². The number of pyridine rings is 1. The summed E-state index contributed by atoms with van der Waals surface area (Å²) in [5.74, 6) is 0. The molecule has 2 aromatic carbocycles. The van der Waals surface area contributed by atoms with Crippen LogP contribution in [-0.2, 0) is 4.79 Å². The number of nitrogens with zero attached hydrogens (tertiary/aromatic N) is 1. The molecule has 0 aliphatic rings. The first-order chi connectivity index (χ1) is 8.35.